The van der Waals surface area contributed by atoms with Crippen molar-refractivity contribution in [2.24, 2.45) is 56.0 Å². The number of fused-ring (bicyclic) bond motifs is 7. The van der Waals surface area contributed by atoms with Crippen LogP contribution in [0, 0.1) is 50.2 Å². The fourth-order valence-electron chi connectivity index (χ4n) is 12.3. The second-order valence-corrected chi connectivity index (χ2v) is 18.8. The maximum Gasteiger partial charge on any atom is 0.331 e. The maximum absolute atomic E-state index is 13.3. The Morgan fingerprint density at radius 1 is 0.840 bits per heavy atom. The normalized spacial score (nSPS) is 38.4. The van der Waals surface area contributed by atoms with Gasteiger partial charge in [0.2, 0.25) is 0 Å². The molecule has 4 saturated carbocycles. The molecule has 0 radical (unpaired) electrons. The lowest BCUT2D eigenvalue weighted by Crippen LogP contribution is -2.65. The summed E-state index contributed by atoms with van der Waals surface area (Å²) in [6.07, 6.45) is 17.3. The summed E-state index contributed by atoms with van der Waals surface area (Å²) < 4.78 is 16.7. The third kappa shape index (κ3) is 5.97. The molecule has 0 bridgehead atoms. The van der Waals surface area contributed by atoms with Crippen LogP contribution in [0.1, 0.15) is 132 Å². The third-order valence-electron chi connectivity index (χ3n) is 15.3. The molecule has 5 aliphatic rings. The summed E-state index contributed by atoms with van der Waals surface area (Å²) in [5.41, 5.74) is 10.0. The van der Waals surface area contributed by atoms with Crippen molar-refractivity contribution in [2.75, 3.05) is 6.54 Å². The van der Waals surface area contributed by atoms with Crippen molar-refractivity contribution in [2.45, 2.75) is 133 Å². The lowest BCUT2D eigenvalue weighted by molar-refractivity contribution is -0.211. The monoisotopic (exact) mass is 687 g/mol. The molecule has 5 aliphatic carbocycles. The first kappa shape index (κ1) is 36.8. The smallest absolute Gasteiger partial charge is 0.331 e. The van der Waals surface area contributed by atoms with E-state index in [4.69, 9.17) is 19.9 Å². The van der Waals surface area contributed by atoms with Gasteiger partial charge in [-0.15, -0.1) is 0 Å². The average molecular weight is 688 g/mol. The lowest BCUT2D eigenvalue weighted by Gasteiger charge is -2.71. The van der Waals surface area contributed by atoms with Crippen molar-refractivity contribution >= 4 is 24.0 Å². The lowest BCUT2D eigenvalue weighted by atomic mass is 9.33. The van der Waals surface area contributed by atoms with Crippen LogP contribution in [0.4, 0.5) is 0 Å². The van der Waals surface area contributed by atoms with Gasteiger partial charge in [-0.25, -0.2) is 4.79 Å². The van der Waals surface area contributed by atoms with E-state index >= 15 is 0 Å². The molecule has 8 atom stereocenters. The molecule has 0 spiro atoms. The molecule has 6 rings (SSSR count). The topological polar surface area (TPSA) is 105 Å². The first-order valence-corrected chi connectivity index (χ1v) is 19.1. The van der Waals surface area contributed by atoms with Crippen molar-refractivity contribution in [3.05, 3.63) is 41.5 Å². The minimum Gasteiger partial charge on any atom is -0.459 e. The van der Waals surface area contributed by atoms with Gasteiger partial charge in [-0.05, 0) is 139 Å². The van der Waals surface area contributed by atoms with E-state index in [1.165, 1.54) is 58.4 Å². The zero-order valence-corrected chi connectivity index (χ0v) is 32.1. The van der Waals surface area contributed by atoms with Gasteiger partial charge >= 0.3 is 17.9 Å². The summed E-state index contributed by atoms with van der Waals surface area (Å²) in [6, 6.07) is 4.82. The Morgan fingerprint density at radius 2 is 1.52 bits per heavy atom. The zero-order chi connectivity index (χ0) is 36.5. The van der Waals surface area contributed by atoms with Crippen molar-refractivity contribution < 1.29 is 28.6 Å². The number of ether oxygens (including phenoxy) is 3. The van der Waals surface area contributed by atoms with E-state index in [2.05, 4.69) is 54.5 Å². The number of hydrogen-bond donors (Lipinski definition) is 1. The Hall–Kier alpha value is -2.93. The first-order chi connectivity index (χ1) is 23.3. The quantitative estimate of drug-likeness (QED) is 0.138. The predicted molar refractivity (Wildman–Crippen MR) is 196 cm³/mol. The molecule has 0 aromatic heterocycles. The number of esters is 3. The molecule has 1 aromatic carbocycles. The molecule has 0 aliphatic heterocycles. The number of rotatable bonds is 6. The van der Waals surface area contributed by atoms with Gasteiger partial charge < -0.3 is 19.9 Å². The van der Waals surface area contributed by atoms with Gasteiger partial charge in [0, 0.05) is 25.3 Å². The van der Waals surface area contributed by atoms with Crippen molar-refractivity contribution in [1.82, 2.24) is 0 Å². The molecule has 0 unspecified atom stereocenters. The van der Waals surface area contributed by atoms with Crippen LogP contribution in [0.5, 0.6) is 11.5 Å². The SMILES string of the molecule is CC(=O)Oc1ccc(/C=C/C(=O)O[C@H]2CC[C@]3(C)[C@H]4CC=C5[C@@H]6CC(C)(C)CC[C@]6(CN)CC[C@@]5(C)[C@]4(C)CC[C@H]3C2(C)C)cc1OC(C)=O. The van der Waals surface area contributed by atoms with Crippen molar-refractivity contribution in [3.8, 4) is 11.5 Å². The highest BCUT2D eigenvalue weighted by Gasteiger charge is 2.68. The fourth-order valence-corrected chi connectivity index (χ4v) is 12.3. The molecule has 50 heavy (non-hydrogen) atoms. The van der Waals surface area contributed by atoms with Gasteiger partial charge in [-0.1, -0.05) is 66.2 Å². The van der Waals surface area contributed by atoms with E-state index in [9.17, 15) is 14.4 Å². The van der Waals surface area contributed by atoms with Crippen LogP contribution in [0.2, 0.25) is 0 Å². The molecule has 4 fully saturated rings. The summed E-state index contributed by atoms with van der Waals surface area (Å²) in [6.45, 7) is 20.8. The van der Waals surface area contributed by atoms with Crippen LogP contribution in [-0.2, 0) is 19.1 Å². The largest absolute Gasteiger partial charge is 0.459 e. The third-order valence-corrected chi connectivity index (χ3v) is 15.3. The highest BCUT2D eigenvalue weighted by Crippen LogP contribution is 2.75. The Morgan fingerprint density at radius 3 is 2.20 bits per heavy atom. The summed E-state index contributed by atoms with van der Waals surface area (Å²) in [5.74, 6) is 0.452. The number of hydrogen-bond acceptors (Lipinski definition) is 7. The molecule has 0 saturated heterocycles. The molecular weight excluding hydrogens is 626 g/mol. The van der Waals surface area contributed by atoms with Gasteiger partial charge in [0.25, 0.3) is 0 Å². The van der Waals surface area contributed by atoms with Crippen LogP contribution < -0.4 is 15.2 Å². The molecule has 7 heteroatoms. The van der Waals surface area contributed by atoms with Gasteiger partial charge in [0.1, 0.15) is 6.10 Å². The summed E-state index contributed by atoms with van der Waals surface area (Å²) in [5, 5.41) is 0. The first-order valence-electron chi connectivity index (χ1n) is 19.1. The van der Waals surface area contributed by atoms with Crippen molar-refractivity contribution in [3.63, 3.8) is 0 Å². The van der Waals surface area contributed by atoms with E-state index in [-0.39, 0.29) is 50.6 Å². The van der Waals surface area contributed by atoms with Gasteiger partial charge in [-0.3, -0.25) is 9.59 Å². The van der Waals surface area contributed by atoms with E-state index < -0.39 is 11.9 Å². The van der Waals surface area contributed by atoms with E-state index in [0.29, 0.717) is 28.7 Å². The molecular formula is C43H61NO6. The molecule has 1 aromatic rings. The molecule has 0 heterocycles. The van der Waals surface area contributed by atoms with Gasteiger partial charge in [0.05, 0.1) is 0 Å². The second kappa shape index (κ2) is 12.6. The van der Waals surface area contributed by atoms with Crippen LogP contribution in [-0.4, -0.2) is 30.6 Å². The number of benzene rings is 1. The zero-order valence-electron chi connectivity index (χ0n) is 32.1. The van der Waals surface area contributed by atoms with Crippen molar-refractivity contribution in [1.29, 1.82) is 0 Å². The van der Waals surface area contributed by atoms with Gasteiger partial charge in [0.15, 0.2) is 11.5 Å². The summed E-state index contributed by atoms with van der Waals surface area (Å²) in [7, 11) is 0. The standard InChI is InChI=1S/C43H61NO6/c1-27(45)48-32-13-10-29(24-33(32)49-28(2)46)11-15-37(47)50-36-17-18-40(7)34(39(36,5)6)16-19-42(9)35(40)14-12-30-31-25-38(3,4)20-22-43(31,26-44)23-21-41(30,42)8/h10-13,15,24,31,34-36H,14,16-23,25-26,44H2,1-9H3/b15-11+/t31-,34-,35+,36-,40-,41+,42+,43+/m0/s1. The van der Waals surface area contributed by atoms with Crippen LogP contribution >= 0.6 is 0 Å². The number of allylic oxidation sites excluding steroid dienone is 2. The second-order valence-electron chi connectivity index (χ2n) is 18.8. The number of carbonyl (C=O) groups is 3. The summed E-state index contributed by atoms with van der Waals surface area (Å²) in [4.78, 5) is 36.4. The minimum absolute atomic E-state index is 0.119. The van der Waals surface area contributed by atoms with E-state index in [0.717, 1.165) is 32.2 Å². The number of carbonyl (C=O) groups excluding carboxylic acids is 3. The Bertz CT molecular complexity index is 1610. The fraction of sp³-hybridized carbons (Fsp3) is 0.698. The molecule has 0 amide bonds. The summed E-state index contributed by atoms with van der Waals surface area (Å²) >= 11 is 0. The van der Waals surface area contributed by atoms with Crippen LogP contribution in [0.3, 0.4) is 0 Å². The Kier molecular flexibility index (Phi) is 9.31. The van der Waals surface area contributed by atoms with Crippen LogP contribution in [0.15, 0.2) is 35.9 Å². The highest BCUT2D eigenvalue weighted by atomic mass is 16.6. The highest BCUT2D eigenvalue weighted by molar-refractivity contribution is 5.87. The minimum atomic E-state index is -0.534. The van der Waals surface area contributed by atoms with Crippen LogP contribution in [0.25, 0.3) is 6.08 Å². The Balaban J connectivity index is 1.20. The maximum atomic E-state index is 13.3. The molecule has 274 valence electrons. The molecule has 7 nitrogen and oxygen atoms in total. The van der Waals surface area contributed by atoms with Gasteiger partial charge in [-0.2, -0.15) is 0 Å². The number of nitrogens with two attached hydrogens (primary N) is 1. The van der Waals surface area contributed by atoms with E-state index in [1.54, 1.807) is 29.8 Å². The van der Waals surface area contributed by atoms with E-state index in [1.807, 2.05) is 0 Å². The predicted octanol–water partition coefficient (Wildman–Crippen LogP) is 9.22. The average Bonchev–Trinajstić information content (AvgIpc) is 3.02. The molecule has 2 N–H and O–H groups in total. The Labute approximate surface area is 300 Å².